The lowest BCUT2D eigenvalue weighted by atomic mass is 10.0. The smallest absolute Gasteiger partial charge is 0.226 e. The second kappa shape index (κ2) is 3.78. The van der Waals surface area contributed by atoms with Crippen LogP contribution in [-0.2, 0) is 4.79 Å². The summed E-state index contributed by atoms with van der Waals surface area (Å²) >= 11 is 0. The summed E-state index contributed by atoms with van der Waals surface area (Å²) in [4.78, 5) is 14.1. The molecule has 1 saturated heterocycles. The maximum atomic E-state index is 12.1. The first kappa shape index (κ1) is 10.9. The summed E-state index contributed by atoms with van der Waals surface area (Å²) < 4.78 is 0. The van der Waals surface area contributed by atoms with E-state index in [1.807, 2.05) is 11.9 Å². The minimum Gasteiger partial charge on any atom is -0.342 e. The number of carbonyl (C=O) groups is 1. The van der Waals surface area contributed by atoms with E-state index in [4.69, 9.17) is 0 Å². The minimum absolute atomic E-state index is 0.262. The molecule has 3 heteroatoms. The topological polar surface area (TPSA) is 32.3 Å². The first-order valence-corrected chi connectivity index (χ1v) is 6.00. The molecule has 1 aliphatic carbocycles. The maximum absolute atomic E-state index is 12.1. The molecule has 0 radical (unpaired) electrons. The number of carbonyl (C=O) groups excluding carboxylic acids is 1. The van der Waals surface area contributed by atoms with Crippen molar-refractivity contribution in [2.24, 2.45) is 11.3 Å². The summed E-state index contributed by atoms with van der Waals surface area (Å²) in [5.74, 6) is 0.657. The Labute approximate surface area is 92.2 Å². The van der Waals surface area contributed by atoms with Gasteiger partial charge in [-0.3, -0.25) is 4.79 Å². The third-order valence-electron chi connectivity index (χ3n) is 4.02. The highest BCUT2D eigenvalue weighted by atomic mass is 16.2. The molecule has 2 fully saturated rings. The van der Waals surface area contributed by atoms with Gasteiger partial charge in [0, 0.05) is 19.0 Å². The normalized spacial score (nSPS) is 29.9. The van der Waals surface area contributed by atoms with Gasteiger partial charge < -0.3 is 10.2 Å². The van der Waals surface area contributed by atoms with Gasteiger partial charge in [0.25, 0.3) is 0 Å². The Hall–Kier alpha value is -0.570. The van der Waals surface area contributed by atoms with Gasteiger partial charge >= 0.3 is 0 Å². The average molecular weight is 210 g/mol. The molecule has 1 atom stereocenters. The van der Waals surface area contributed by atoms with E-state index < -0.39 is 0 Å². The third kappa shape index (κ3) is 2.17. The standard InChI is InChI=1S/C12H22N2O/c1-12(2)8-10(12)11(15)14(3)9-4-6-13-7-5-9/h9-10,13H,4-8H2,1-3H3. The van der Waals surface area contributed by atoms with Crippen LogP contribution in [0.5, 0.6) is 0 Å². The largest absolute Gasteiger partial charge is 0.342 e. The number of piperidine rings is 1. The van der Waals surface area contributed by atoms with Crippen molar-refractivity contribution < 1.29 is 4.79 Å². The first-order valence-electron chi connectivity index (χ1n) is 6.00. The summed E-state index contributed by atoms with van der Waals surface area (Å²) in [5.41, 5.74) is 0.262. The van der Waals surface area contributed by atoms with Gasteiger partial charge in [-0.2, -0.15) is 0 Å². The number of nitrogens with zero attached hydrogens (tertiary/aromatic N) is 1. The van der Waals surface area contributed by atoms with Crippen LogP contribution in [0.3, 0.4) is 0 Å². The molecule has 1 aliphatic heterocycles. The monoisotopic (exact) mass is 210 g/mol. The molecule has 0 aromatic carbocycles. The van der Waals surface area contributed by atoms with Crippen molar-refractivity contribution in [2.45, 2.75) is 39.2 Å². The van der Waals surface area contributed by atoms with E-state index in [1.54, 1.807) is 0 Å². The number of nitrogens with one attached hydrogen (secondary N) is 1. The van der Waals surface area contributed by atoms with Crippen LogP contribution in [0.2, 0.25) is 0 Å². The van der Waals surface area contributed by atoms with Crippen LogP contribution < -0.4 is 5.32 Å². The first-order chi connectivity index (χ1) is 7.02. The van der Waals surface area contributed by atoms with Crippen LogP contribution in [0.4, 0.5) is 0 Å². The summed E-state index contributed by atoms with van der Waals surface area (Å²) in [6.45, 7) is 6.48. The van der Waals surface area contributed by atoms with Crippen LogP contribution in [-0.4, -0.2) is 37.0 Å². The molecular formula is C12H22N2O. The van der Waals surface area contributed by atoms with Crippen molar-refractivity contribution in [1.82, 2.24) is 10.2 Å². The van der Waals surface area contributed by atoms with E-state index in [2.05, 4.69) is 19.2 Å². The number of hydrogen-bond acceptors (Lipinski definition) is 2. The van der Waals surface area contributed by atoms with Crippen molar-refractivity contribution in [2.75, 3.05) is 20.1 Å². The van der Waals surface area contributed by atoms with Crippen molar-refractivity contribution in [3.63, 3.8) is 0 Å². The molecule has 0 spiro atoms. The summed E-state index contributed by atoms with van der Waals surface area (Å²) in [6, 6.07) is 0.468. The highest BCUT2D eigenvalue weighted by Gasteiger charge is 2.52. The van der Waals surface area contributed by atoms with Gasteiger partial charge in [0.05, 0.1) is 0 Å². The predicted octanol–water partition coefficient (Wildman–Crippen LogP) is 1.24. The van der Waals surface area contributed by atoms with E-state index in [0.29, 0.717) is 11.9 Å². The fourth-order valence-corrected chi connectivity index (χ4v) is 2.51. The summed E-state index contributed by atoms with van der Waals surface area (Å²) in [5, 5.41) is 3.33. The van der Waals surface area contributed by atoms with E-state index in [-0.39, 0.29) is 11.3 Å². The molecule has 2 rings (SSSR count). The molecule has 86 valence electrons. The van der Waals surface area contributed by atoms with Crippen LogP contribution >= 0.6 is 0 Å². The van der Waals surface area contributed by atoms with E-state index in [1.165, 1.54) is 0 Å². The Kier molecular flexibility index (Phi) is 2.75. The van der Waals surface area contributed by atoms with Crippen molar-refractivity contribution in [1.29, 1.82) is 0 Å². The molecular weight excluding hydrogens is 188 g/mol. The highest BCUT2D eigenvalue weighted by molar-refractivity contribution is 5.82. The molecule has 1 unspecified atom stereocenters. The van der Waals surface area contributed by atoms with Crippen LogP contribution in [0.15, 0.2) is 0 Å². The van der Waals surface area contributed by atoms with Gasteiger partial charge in [-0.1, -0.05) is 13.8 Å². The Morgan fingerprint density at radius 3 is 2.33 bits per heavy atom. The Morgan fingerprint density at radius 2 is 1.87 bits per heavy atom. The Balaban J connectivity index is 1.90. The quantitative estimate of drug-likeness (QED) is 0.744. The lowest BCUT2D eigenvalue weighted by Crippen LogP contribution is -2.44. The zero-order chi connectivity index (χ0) is 11.1. The molecule has 1 saturated carbocycles. The van der Waals surface area contributed by atoms with Crippen molar-refractivity contribution in [3.8, 4) is 0 Å². The zero-order valence-corrected chi connectivity index (χ0v) is 10.0. The van der Waals surface area contributed by atoms with Crippen LogP contribution in [0.1, 0.15) is 33.1 Å². The van der Waals surface area contributed by atoms with Crippen LogP contribution in [0, 0.1) is 11.3 Å². The van der Waals surface area contributed by atoms with Gasteiger partial charge in [-0.15, -0.1) is 0 Å². The van der Waals surface area contributed by atoms with Gasteiger partial charge in [-0.05, 0) is 37.8 Å². The fraction of sp³-hybridized carbons (Fsp3) is 0.917. The van der Waals surface area contributed by atoms with Gasteiger partial charge in [0.2, 0.25) is 5.91 Å². The predicted molar refractivity (Wildman–Crippen MR) is 60.5 cm³/mol. The fourth-order valence-electron chi connectivity index (χ4n) is 2.51. The minimum atomic E-state index is 0.262. The summed E-state index contributed by atoms with van der Waals surface area (Å²) in [6.07, 6.45) is 3.28. The number of hydrogen-bond donors (Lipinski definition) is 1. The third-order valence-corrected chi connectivity index (χ3v) is 4.02. The van der Waals surface area contributed by atoms with Gasteiger partial charge in [-0.25, -0.2) is 0 Å². The van der Waals surface area contributed by atoms with Gasteiger partial charge in [0.15, 0.2) is 0 Å². The maximum Gasteiger partial charge on any atom is 0.226 e. The number of amides is 1. The molecule has 2 aliphatic rings. The van der Waals surface area contributed by atoms with Gasteiger partial charge in [0.1, 0.15) is 0 Å². The second-order valence-electron chi connectivity index (χ2n) is 5.68. The lowest BCUT2D eigenvalue weighted by molar-refractivity contribution is -0.134. The Morgan fingerprint density at radius 1 is 1.33 bits per heavy atom. The zero-order valence-electron chi connectivity index (χ0n) is 10.0. The Bertz CT molecular complexity index is 256. The van der Waals surface area contributed by atoms with E-state index in [9.17, 15) is 4.79 Å². The molecule has 0 aromatic heterocycles. The van der Waals surface area contributed by atoms with Crippen LogP contribution in [0.25, 0.3) is 0 Å². The van der Waals surface area contributed by atoms with Crippen molar-refractivity contribution >= 4 is 5.91 Å². The summed E-state index contributed by atoms with van der Waals surface area (Å²) in [7, 11) is 1.98. The lowest BCUT2D eigenvalue weighted by Gasteiger charge is -2.32. The number of rotatable bonds is 2. The molecule has 0 bridgehead atoms. The van der Waals surface area contributed by atoms with E-state index >= 15 is 0 Å². The molecule has 0 aromatic rings. The molecule has 15 heavy (non-hydrogen) atoms. The molecule has 1 N–H and O–H groups in total. The molecule has 1 amide bonds. The van der Waals surface area contributed by atoms with E-state index in [0.717, 1.165) is 32.4 Å². The highest BCUT2D eigenvalue weighted by Crippen LogP contribution is 2.52. The molecule has 3 nitrogen and oxygen atoms in total. The SMILES string of the molecule is CN(C(=O)C1CC1(C)C)C1CCNCC1. The second-order valence-corrected chi connectivity index (χ2v) is 5.68. The van der Waals surface area contributed by atoms with Crippen molar-refractivity contribution in [3.05, 3.63) is 0 Å². The molecule has 1 heterocycles. The average Bonchev–Trinajstić information content (AvgIpc) is 2.87.